The second kappa shape index (κ2) is 6.17. The maximum Gasteiger partial charge on any atom is 0.257 e. The number of hydrogen-bond acceptors (Lipinski definition) is 5. The number of anilines is 2. The summed E-state index contributed by atoms with van der Waals surface area (Å²) >= 11 is 0. The Labute approximate surface area is 122 Å². The summed E-state index contributed by atoms with van der Waals surface area (Å²) in [6.07, 6.45) is 3.33. The molecule has 0 bridgehead atoms. The highest BCUT2D eigenvalue weighted by Crippen LogP contribution is 2.32. The Kier molecular flexibility index (Phi) is 4.32. The number of carbonyl (C=O) groups is 1. The topological polar surface area (TPSA) is 91.4 Å². The molecule has 0 radical (unpaired) electrons. The highest BCUT2D eigenvalue weighted by Gasteiger charge is 2.16. The van der Waals surface area contributed by atoms with Crippen molar-refractivity contribution >= 4 is 17.3 Å². The van der Waals surface area contributed by atoms with Gasteiger partial charge in [-0.2, -0.15) is 5.10 Å². The molecule has 0 atom stereocenters. The van der Waals surface area contributed by atoms with Gasteiger partial charge in [-0.1, -0.05) is 0 Å². The summed E-state index contributed by atoms with van der Waals surface area (Å²) in [6.45, 7) is 2.69. The molecule has 0 unspecified atom stereocenters. The standard InChI is InChI=1S/C14H18N4O3/c1-4-18-8-9(7-16-18)17-14(19)10-5-12(20-2)13(21-3)6-11(10)15/h5-8H,4,15H2,1-3H3,(H,17,19). The first-order valence-electron chi connectivity index (χ1n) is 6.44. The molecule has 1 amide bonds. The molecule has 1 aromatic carbocycles. The van der Waals surface area contributed by atoms with Crippen molar-refractivity contribution in [3.63, 3.8) is 0 Å². The molecule has 112 valence electrons. The predicted molar refractivity (Wildman–Crippen MR) is 79.8 cm³/mol. The van der Waals surface area contributed by atoms with Crippen LogP contribution in [0.4, 0.5) is 11.4 Å². The minimum absolute atomic E-state index is 0.313. The normalized spacial score (nSPS) is 10.2. The summed E-state index contributed by atoms with van der Waals surface area (Å²) in [4.78, 5) is 12.3. The van der Waals surface area contributed by atoms with Gasteiger partial charge in [0, 0.05) is 24.5 Å². The monoisotopic (exact) mass is 290 g/mol. The zero-order valence-corrected chi connectivity index (χ0v) is 12.2. The molecular weight excluding hydrogens is 272 g/mol. The third kappa shape index (κ3) is 3.07. The third-order valence-corrected chi connectivity index (χ3v) is 3.02. The second-order valence-corrected chi connectivity index (χ2v) is 4.33. The Morgan fingerprint density at radius 2 is 2.00 bits per heavy atom. The van der Waals surface area contributed by atoms with Gasteiger partial charge in [-0.3, -0.25) is 9.48 Å². The highest BCUT2D eigenvalue weighted by molar-refractivity contribution is 6.08. The van der Waals surface area contributed by atoms with E-state index in [1.54, 1.807) is 29.2 Å². The molecule has 0 aliphatic rings. The zero-order valence-electron chi connectivity index (χ0n) is 12.2. The van der Waals surface area contributed by atoms with Gasteiger partial charge in [0.1, 0.15) is 0 Å². The smallest absolute Gasteiger partial charge is 0.257 e. The van der Waals surface area contributed by atoms with Gasteiger partial charge >= 0.3 is 0 Å². The van der Waals surface area contributed by atoms with E-state index in [9.17, 15) is 4.79 Å². The Hall–Kier alpha value is -2.70. The second-order valence-electron chi connectivity index (χ2n) is 4.33. The number of nitrogens with two attached hydrogens (primary N) is 1. The van der Waals surface area contributed by atoms with Gasteiger partial charge in [0.2, 0.25) is 0 Å². The number of carbonyl (C=O) groups excluding carboxylic acids is 1. The number of rotatable bonds is 5. The van der Waals surface area contributed by atoms with Crippen molar-refractivity contribution in [2.24, 2.45) is 0 Å². The molecular formula is C14H18N4O3. The number of aryl methyl sites for hydroxylation is 1. The number of nitrogens with zero attached hydrogens (tertiary/aromatic N) is 2. The summed E-state index contributed by atoms with van der Waals surface area (Å²) < 4.78 is 12.0. The maximum atomic E-state index is 12.3. The van der Waals surface area contributed by atoms with Crippen molar-refractivity contribution in [1.29, 1.82) is 0 Å². The van der Waals surface area contributed by atoms with E-state index in [0.29, 0.717) is 28.4 Å². The van der Waals surface area contributed by atoms with Gasteiger partial charge in [0.15, 0.2) is 11.5 Å². The summed E-state index contributed by atoms with van der Waals surface area (Å²) in [7, 11) is 3.01. The van der Waals surface area contributed by atoms with Crippen LogP contribution in [-0.2, 0) is 6.54 Å². The van der Waals surface area contributed by atoms with Gasteiger partial charge in [0.05, 0.1) is 31.7 Å². The number of ether oxygens (including phenoxy) is 2. The minimum atomic E-state index is -0.330. The van der Waals surface area contributed by atoms with Crippen molar-refractivity contribution in [2.45, 2.75) is 13.5 Å². The number of nitrogen functional groups attached to an aromatic ring is 1. The molecule has 1 aromatic heterocycles. The lowest BCUT2D eigenvalue weighted by Crippen LogP contribution is -2.14. The van der Waals surface area contributed by atoms with Crippen molar-refractivity contribution < 1.29 is 14.3 Å². The number of benzene rings is 1. The molecule has 0 fully saturated rings. The minimum Gasteiger partial charge on any atom is -0.493 e. The first kappa shape index (κ1) is 14.7. The summed E-state index contributed by atoms with van der Waals surface area (Å²) in [5.41, 5.74) is 7.13. The lowest BCUT2D eigenvalue weighted by molar-refractivity contribution is 0.102. The average molecular weight is 290 g/mol. The number of aromatic nitrogens is 2. The van der Waals surface area contributed by atoms with Gasteiger partial charge < -0.3 is 20.5 Å². The zero-order chi connectivity index (χ0) is 15.4. The molecule has 21 heavy (non-hydrogen) atoms. The number of amides is 1. The van der Waals surface area contributed by atoms with Crippen LogP contribution in [0.25, 0.3) is 0 Å². The molecule has 0 saturated carbocycles. The van der Waals surface area contributed by atoms with E-state index in [2.05, 4.69) is 10.4 Å². The van der Waals surface area contributed by atoms with Crippen molar-refractivity contribution in [1.82, 2.24) is 9.78 Å². The van der Waals surface area contributed by atoms with Crippen molar-refractivity contribution in [2.75, 3.05) is 25.3 Å². The van der Waals surface area contributed by atoms with E-state index in [-0.39, 0.29) is 5.91 Å². The molecule has 0 aliphatic heterocycles. The van der Waals surface area contributed by atoms with Crippen LogP contribution in [0, 0.1) is 0 Å². The number of nitrogens with one attached hydrogen (secondary N) is 1. The Bertz CT molecular complexity index is 652. The van der Waals surface area contributed by atoms with Gasteiger partial charge in [-0.05, 0) is 13.0 Å². The van der Waals surface area contributed by atoms with Crippen LogP contribution in [0.2, 0.25) is 0 Å². The number of hydrogen-bond donors (Lipinski definition) is 2. The lowest BCUT2D eigenvalue weighted by atomic mass is 10.1. The van der Waals surface area contributed by atoms with E-state index < -0.39 is 0 Å². The van der Waals surface area contributed by atoms with Crippen LogP contribution in [0.15, 0.2) is 24.5 Å². The van der Waals surface area contributed by atoms with Crippen molar-refractivity contribution in [3.05, 3.63) is 30.1 Å². The first-order valence-corrected chi connectivity index (χ1v) is 6.44. The predicted octanol–water partition coefficient (Wildman–Crippen LogP) is 1.75. The molecule has 0 aliphatic carbocycles. The van der Waals surface area contributed by atoms with E-state index in [1.807, 2.05) is 6.92 Å². The third-order valence-electron chi connectivity index (χ3n) is 3.02. The van der Waals surface area contributed by atoms with Crippen LogP contribution in [0.5, 0.6) is 11.5 Å². The molecule has 7 nitrogen and oxygen atoms in total. The van der Waals surface area contributed by atoms with Crippen LogP contribution in [-0.4, -0.2) is 29.9 Å². The quantitative estimate of drug-likeness (QED) is 0.819. The van der Waals surface area contributed by atoms with Crippen LogP contribution < -0.4 is 20.5 Å². The van der Waals surface area contributed by atoms with Crippen LogP contribution >= 0.6 is 0 Å². The summed E-state index contributed by atoms with van der Waals surface area (Å²) in [5, 5.41) is 6.83. The molecule has 2 aromatic rings. The van der Waals surface area contributed by atoms with E-state index >= 15 is 0 Å². The Morgan fingerprint density at radius 3 is 2.57 bits per heavy atom. The lowest BCUT2D eigenvalue weighted by Gasteiger charge is -2.12. The van der Waals surface area contributed by atoms with Crippen molar-refractivity contribution in [3.8, 4) is 11.5 Å². The van der Waals surface area contributed by atoms with Gasteiger partial charge in [-0.25, -0.2) is 0 Å². The highest BCUT2D eigenvalue weighted by atomic mass is 16.5. The summed E-state index contributed by atoms with van der Waals surface area (Å²) in [6, 6.07) is 3.11. The Morgan fingerprint density at radius 1 is 1.33 bits per heavy atom. The summed E-state index contributed by atoms with van der Waals surface area (Å²) in [5.74, 6) is 0.593. The van der Waals surface area contributed by atoms with Crippen LogP contribution in [0.1, 0.15) is 17.3 Å². The Balaban J connectivity index is 2.26. The van der Waals surface area contributed by atoms with Gasteiger partial charge in [0.25, 0.3) is 5.91 Å². The maximum absolute atomic E-state index is 12.3. The SMILES string of the molecule is CCn1cc(NC(=O)c2cc(OC)c(OC)cc2N)cn1. The fourth-order valence-electron chi connectivity index (χ4n) is 1.89. The van der Waals surface area contributed by atoms with E-state index in [1.165, 1.54) is 14.2 Å². The van der Waals surface area contributed by atoms with E-state index in [0.717, 1.165) is 6.54 Å². The fraction of sp³-hybridized carbons (Fsp3) is 0.286. The van der Waals surface area contributed by atoms with Crippen LogP contribution in [0.3, 0.4) is 0 Å². The molecule has 0 saturated heterocycles. The largest absolute Gasteiger partial charge is 0.493 e. The average Bonchev–Trinajstić information content (AvgIpc) is 2.94. The molecule has 0 spiro atoms. The van der Waals surface area contributed by atoms with Gasteiger partial charge in [-0.15, -0.1) is 0 Å². The van der Waals surface area contributed by atoms with E-state index in [4.69, 9.17) is 15.2 Å². The molecule has 7 heteroatoms. The molecule has 1 heterocycles. The molecule has 3 N–H and O–H groups in total. The first-order chi connectivity index (χ1) is 10.1. The molecule has 2 rings (SSSR count). The number of methoxy groups -OCH3 is 2. The fourth-order valence-corrected chi connectivity index (χ4v) is 1.89.